The molecule has 12 aromatic carbocycles. The van der Waals surface area contributed by atoms with Crippen molar-refractivity contribution in [2.45, 2.75) is 84.0 Å². The van der Waals surface area contributed by atoms with Gasteiger partial charge in [0.2, 0.25) is 6.71 Å². The highest BCUT2D eigenvalue weighted by atomic mass is 16.5. The molecule has 3 aliphatic rings. The number of benzene rings is 12. The molecule has 3 nitrogen and oxygen atoms in total. The summed E-state index contributed by atoms with van der Waals surface area (Å²) in [7, 11) is 0. The number of fused-ring (bicyclic) bond motifs is 13. The molecule has 430 valence electrons. The molecular weight excluding hydrogens is 1080 g/mol. The maximum atomic E-state index is 10.0. The van der Waals surface area contributed by atoms with Crippen LogP contribution in [0.1, 0.15) is 119 Å². The third kappa shape index (κ3) is 8.54. The lowest BCUT2D eigenvalue weighted by Gasteiger charge is -2.50. The van der Waals surface area contributed by atoms with Gasteiger partial charge in [0, 0.05) is 50.1 Å². The predicted molar refractivity (Wildman–Crippen MR) is 376 cm³/mol. The van der Waals surface area contributed by atoms with Crippen molar-refractivity contribution < 1.29 is 22.6 Å². The van der Waals surface area contributed by atoms with Crippen LogP contribution < -0.4 is 26.0 Å². The molecule has 4 heteroatoms. The topological polar surface area (TPSA) is 17.4 Å². The second kappa shape index (κ2) is 20.1. The Morgan fingerprint density at radius 1 is 0.382 bits per heavy atom. The summed E-state index contributed by atoms with van der Waals surface area (Å²) in [6, 6.07) is 58.4. The summed E-state index contributed by atoms with van der Waals surface area (Å²) < 4.78 is 132. The van der Waals surface area contributed by atoms with E-state index in [0.29, 0.717) is 39.7 Å². The van der Waals surface area contributed by atoms with Gasteiger partial charge >= 0.3 is 0 Å². The van der Waals surface area contributed by atoms with Gasteiger partial charge < -0.3 is 14.2 Å². The van der Waals surface area contributed by atoms with E-state index < -0.39 is 84.0 Å². The van der Waals surface area contributed by atoms with E-state index in [0.717, 1.165) is 88.8 Å². The number of para-hydroxylation sites is 4. The van der Waals surface area contributed by atoms with Gasteiger partial charge in [0.05, 0.1) is 40.0 Å². The van der Waals surface area contributed by atoms with Crippen molar-refractivity contribution in [3.63, 3.8) is 0 Å². The van der Waals surface area contributed by atoms with Gasteiger partial charge in [0.15, 0.2) is 0 Å². The maximum Gasteiger partial charge on any atom is 0.247 e. The van der Waals surface area contributed by atoms with Gasteiger partial charge in [-0.05, 0) is 143 Å². The Hall–Kier alpha value is -9.90. The molecule has 0 aliphatic carbocycles. The number of ether oxygens (including phenoxy) is 1. The summed E-state index contributed by atoms with van der Waals surface area (Å²) in [5.74, 6) is 1.15. The van der Waals surface area contributed by atoms with Crippen LogP contribution in [0.2, 0.25) is 0 Å². The number of hydrogen-bond donors (Lipinski definition) is 0. The van der Waals surface area contributed by atoms with Crippen molar-refractivity contribution >= 4 is 62.0 Å². The highest BCUT2D eigenvalue weighted by molar-refractivity contribution is 6.99. The number of aromatic nitrogens is 1. The van der Waals surface area contributed by atoms with Crippen molar-refractivity contribution in [3.8, 4) is 61.7 Å². The third-order valence-electron chi connectivity index (χ3n) is 18.7. The molecule has 0 bridgehead atoms. The zero-order chi connectivity index (χ0) is 72.0. The Balaban J connectivity index is 1.18. The lowest BCUT2D eigenvalue weighted by Crippen LogP contribution is -2.65. The standard InChI is InChI=1S/C85H71BN2O/c1-82(2,3)60-45-59(46-61(49-60)83(4,5)6)58-41-43-68-72(47-58)86-73-48-57(54-27-13-10-14-28-54)42-44-76(73)88(81-66(55-29-15-11-16-30-55)50-62(84(7,8)9)51-67(81)56-31-17-12-18-32-56)77-53-63(87-74-37-23-19-33-64(74)65-34-20-24-38-75(65)87)52-71(80(77)86)85(68)69-35-21-25-39-78(69)89-79-40-26-22-36-70(79)85/h10-53H,1-9H3/i10D,13D,14D,19D,20D,23D,24D,27D,28D,33D,34D,37D,38D. The van der Waals surface area contributed by atoms with Gasteiger partial charge in [0.25, 0.3) is 0 Å². The van der Waals surface area contributed by atoms with Crippen molar-refractivity contribution in [3.05, 3.63) is 306 Å². The van der Waals surface area contributed by atoms with Crippen LogP contribution in [0, 0.1) is 0 Å². The molecule has 3 aliphatic heterocycles. The summed E-state index contributed by atoms with van der Waals surface area (Å²) in [5, 5.41) is -0.130. The average Bonchev–Trinajstić information content (AvgIpc) is 0.742. The maximum absolute atomic E-state index is 10.0. The molecule has 0 saturated heterocycles. The molecule has 4 heterocycles. The molecule has 0 unspecified atom stereocenters. The normalized spacial score (nSPS) is 15.9. The minimum absolute atomic E-state index is 0.0314. The van der Waals surface area contributed by atoms with Gasteiger partial charge in [-0.25, -0.2) is 0 Å². The quantitative estimate of drug-likeness (QED) is 0.154. The Kier molecular flexibility index (Phi) is 9.49. The van der Waals surface area contributed by atoms with E-state index in [4.69, 9.17) is 11.6 Å². The van der Waals surface area contributed by atoms with Crippen molar-refractivity contribution in [1.29, 1.82) is 0 Å². The number of nitrogens with zero attached hydrogens (tertiary/aromatic N) is 2. The first-order valence-electron chi connectivity index (χ1n) is 37.1. The fraction of sp³-hybridized carbons (Fsp3) is 0.153. The summed E-state index contributed by atoms with van der Waals surface area (Å²) >= 11 is 0. The number of rotatable bonds is 6. The van der Waals surface area contributed by atoms with Crippen LogP contribution in [-0.2, 0) is 21.7 Å². The number of anilines is 3. The Bertz CT molecular complexity index is 5560. The highest BCUT2D eigenvalue weighted by Gasteiger charge is 2.55. The second-order valence-corrected chi connectivity index (χ2v) is 27.1. The Morgan fingerprint density at radius 2 is 0.876 bits per heavy atom. The number of hydrogen-bond acceptors (Lipinski definition) is 2. The third-order valence-corrected chi connectivity index (χ3v) is 18.7. The summed E-state index contributed by atoms with van der Waals surface area (Å²) in [6.07, 6.45) is 0. The fourth-order valence-corrected chi connectivity index (χ4v) is 14.3. The average molecular weight is 1160 g/mol. The minimum atomic E-state index is -1.36. The van der Waals surface area contributed by atoms with E-state index in [1.165, 1.54) is 0 Å². The van der Waals surface area contributed by atoms with Crippen LogP contribution in [0.4, 0.5) is 17.1 Å². The summed E-state index contributed by atoms with van der Waals surface area (Å²) in [6.45, 7) is 19.2. The van der Waals surface area contributed by atoms with Gasteiger partial charge in [-0.1, -0.05) is 280 Å². The molecule has 0 saturated carbocycles. The first kappa shape index (κ1) is 42.1. The van der Waals surface area contributed by atoms with E-state index in [1.54, 1.807) is 4.57 Å². The molecular formula is C85H71BN2O. The lowest BCUT2D eigenvalue weighted by molar-refractivity contribution is 0.435. The van der Waals surface area contributed by atoms with Crippen LogP contribution >= 0.6 is 0 Å². The Morgan fingerprint density at radius 3 is 1.45 bits per heavy atom. The fourth-order valence-electron chi connectivity index (χ4n) is 14.3. The van der Waals surface area contributed by atoms with Gasteiger partial charge in [-0.2, -0.15) is 0 Å². The molecule has 0 fully saturated rings. The van der Waals surface area contributed by atoms with Gasteiger partial charge in [0.1, 0.15) is 11.5 Å². The second-order valence-electron chi connectivity index (χ2n) is 27.1. The van der Waals surface area contributed by atoms with Crippen LogP contribution in [0.5, 0.6) is 11.5 Å². The molecule has 0 N–H and O–H groups in total. The minimum Gasteiger partial charge on any atom is -0.457 e. The predicted octanol–water partition coefficient (Wildman–Crippen LogP) is 20.4. The highest BCUT2D eigenvalue weighted by Crippen LogP contribution is 2.59. The van der Waals surface area contributed by atoms with E-state index in [-0.39, 0.29) is 50.3 Å². The molecule has 13 aromatic rings. The van der Waals surface area contributed by atoms with Gasteiger partial charge in [-0.3, -0.25) is 0 Å². The molecule has 1 spiro atoms. The lowest BCUT2D eigenvalue weighted by atomic mass is 9.29. The SMILES string of the molecule is [2H]c1c([2H])c([2H])c(-c2ccc3c(c2)B2c4cc(-c5cc(C(C)(C)C)cc(C(C)(C)C)c5)ccc4C4(c5ccccc5Oc5ccccc54)c4cc(-n5c6c([2H])c([2H])c([2H])c([2H])c6c6c([2H])c([2H])c([2H])c([2H])c65)cc(c42)N3c2c(-c3ccccc3)cc(C(C)(C)C)cc2-c2ccccc2)c([2H])c1[2H]. The van der Waals surface area contributed by atoms with Gasteiger partial charge in [-0.15, -0.1) is 0 Å². The van der Waals surface area contributed by atoms with Crippen molar-refractivity contribution in [1.82, 2.24) is 4.57 Å². The zero-order valence-corrected chi connectivity index (χ0v) is 51.3. The molecule has 0 radical (unpaired) electrons. The molecule has 1 aromatic heterocycles. The summed E-state index contributed by atoms with van der Waals surface area (Å²) in [4.78, 5) is 2.28. The smallest absolute Gasteiger partial charge is 0.247 e. The summed E-state index contributed by atoms with van der Waals surface area (Å²) in [5.41, 5.74) is 14.8. The largest absolute Gasteiger partial charge is 0.457 e. The molecule has 16 rings (SSSR count). The Labute approximate surface area is 542 Å². The molecule has 0 amide bonds. The first-order chi connectivity index (χ1) is 48.4. The van der Waals surface area contributed by atoms with Crippen LogP contribution in [0.25, 0.3) is 72.0 Å². The van der Waals surface area contributed by atoms with E-state index in [9.17, 15) is 11.0 Å². The van der Waals surface area contributed by atoms with Crippen LogP contribution in [-0.4, -0.2) is 11.3 Å². The van der Waals surface area contributed by atoms with Crippen LogP contribution in [0.15, 0.2) is 267 Å². The van der Waals surface area contributed by atoms with E-state index in [2.05, 4.69) is 152 Å². The monoisotopic (exact) mass is 1160 g/mol. The van der Waals surface area contributed by atoms with E-state index >= 15 is 0 Å². The van der Waals surface area contributed by atoms with E-state index in [1.807, 2.05) is 103 Å². The first-order valence-corrected chi connectivity index (χ1v) is 30.6. The van der Waals surface area contributed by atoms with Crippen molar-refractivity contribution in [2.75, 3.05) is 4.90 Å². The molecule has 0 atom stereocenters. The zero-order valence-electron chi connectivity index (χ0n) is 64.3. The van der Waals surface area contributed by atoms with Crippen molar-refractivity contribution in [2.24, 2.45) is 0 Å². The van der Waals surface area contributed by atoms with Crippen LogP contribution in [0.3, 0.4) is 0 Å². The molecule has 89 heavy (non-hydrogen) atoms.